The van der Waals surface area contributed by atoms with E-state index in [-0.39, 0.29) is 0 Å². The molecule has 1 aromatic carbocycles. The summed E-state index contributed by atoms with van der Waals surface area (Å²) in [5.74, 6) is 0. The fourth-order valence-corrected chi connectivity index (χ4v) is 2.04. The van der Waals surface area contributed by atoms with Gasteiger partial charge in [0, 0.05) is 19.3 Å². The van der Waals surface area contributed by atoms with Gasteiger partial charge in [0.2, 0.25) is 0 Å². The Morgan fingerprint density at radius 3 is 2.53 bits per heavy atom. The van der Waals surface area contributed by atoms with Gasteiger partial charge >= 0.3 is 0 Å². The molecule has 1 aromatic rings. The van der Waals surface area contributed by atoms with Crippen LogP contribution in [-0.4, -0.2) is 20.3 Å². The fraction of sp³-hybridized carbons (Fsp3) is 0.600. The first-order valence-electron chi connectivity index (χ1n) is 6.68. The molecule has 0 saturated carbocycles. The monoisotopic (exact) mass is 235 g/mol. The van der Waals surface area contributed by atoms with E-state index in [1.807, 2.05) is 14.0 Å². The van der Waals surface area contributed by atoms with E-state index in [1.165, 1.54) is 31.2 Å². The van der Waals surface area contributed by atoms with Crippen LogP contribution in [0.1, 0.15) is 44.2 Å². The summed E-state index contributed by atoms with van der Waals surface area (Å²) in [6, 6.07) is 11.2. The predicted molar refractivity (Wildman–Crippen MR) is 73.2 cm³/mol. The van der Waals surface area contributed by atoms with Gasteiger partial charge in [-0.25, -0.2) is 0 Å². The normalized spacial score (nSPS) is 12.6. The topological polar surface area (TPSA) is 21.3 Å². The smallest absolute Gasteiger partial charge is 0.0465 e. The predicted octanol–water partition coefficient (Wildman–Crippen LogP) is 3.54. The highest BCUT2D eigenvalue weighted by molar-refractivity contribution is 5.18. The van der Waals surface area contributed by atoms with E-state index in [1.54, 1.807) is 0 Å². The van der Waals surface area contributed by atoms with Gasteiger partial charge in [-0.2, -0.15) is 0 Å². The van der Waals surface area contributed by atoms with Crippen molar-refractivity contribution in [3.8, 4) is 0 Å². The molecule has 0 spiro atoms. The Balaban J connectivity index is 2.20. The zero-order valence-electron chi connectivity index (χ0n) is 11.1. The first kappa shape index (κ1) is 14.2. The number of hydrogen-bond donors (Lipinski definition) is 1. The molecule has 0 saturated heterocycles. The number of rotatable bonds is 9. The Morgan fingerprint density at radius 2 is 1.88 bits per heavy atom. The lowest BCUT2D eigenvalue weighted by Crippen LogP contribution is -2.16. The fourth-order valence-electron chi connectivity index (χ4n) is 2.04. The number of benzene rings is 1. The zero-order chi connectivity index (χ0) is 12.3. The lowest BCUT2D eigenvalue weighted by atomic mass is 10.0. The highest BCUT2D eigenvalue weighted by Crippen LogP contribution is 2.18. The van der Waals surface area contributed by atoms with Crippen LogP contribution in [0.15, 0.2) is 30.3 Å². The summed E-state index contributed by atoms with van der Waals surface area (Å²) in [5, 5.41) is 3.39. The molecule has 2 heteroatoms. The number of nitrogens with one attached hydrogen (secondary N) is 1. The molecule has 1 atom stereocenters. The summed E-state index contributed by atoms with van der Waals surface area (Å²) in [4.78, 5) is 0. The second kappa shape index (κ2) is 9.20. The molecular weight excluding hydrogens is 210 g/mol. The van der Waals surface area contributed by atoms with E-state index in [0.717, 1.165) is 13.2 Å². The quantitative estimate of drug-likeness (QED) is 0.661. The van der Waals surface area contributed by atoms with Crippen LogP contribution in [0.2, 0.25) is 0 Å². The Hall–Kier alpha value is -0.860. The van der Waals surface area contributed by atoms with E-state index in [2.05, 4.69) is 35.6 Å². The van der Waals surface area contributed by atoms with Crippen molar-refractivity contribution in [3.63, 3.8) is 0 Å². The van der Waals surface area contributed by atoms with Crippen LogP contribution in [0, 0.1) is 0 Å². The molecule has 1 unspecified atom stereocenters. The molecule has 0 aliphatic rings. The number of hydrogen-bond acceptors (Lipinski definition) is 2. The van der Waals surface area contributed by atoms with Gasteiger partial charge in [-0.1, -0.05) is 43.2 Å². The van der Waals surface area contributed by atoms with Crippen LogP contribution in [0.25, 0.3) is 0 Å². The number of ether oxygens (including phenoxy) is 1. The van der Waals surface area contributed by atoms with Crippen LogP contribution < -0.4 is 5.32 Å². The third-order valence-electron chi connectivity index (χ3n) is 3.04. The lowest BCUT2D eigenvalue weighted by Gasteiger charge is -2.16. The van der Waals surface area contributed by atoms with Crippen molar-refractivity contribution in [1.29, 1.82) is 0 Å². The van der Waals surface area contributed by atoms with Gasteiger partial charge in [0.15, 0.2) is 0 Å². The highest BCUT2D eigenvalue weighted by atomic mass is 16.5. The van der Waals surface area contributed by atoms with Crippen LogP contribution >= 0.6 is 0 Å². The molecule has 0 bridgehead atoms. The van der Waals surface area contributed by atoms with Crippen molar-refractivity contribution in [2.24, 2.45) is 0 Å². The van der Waals surface area contributed by atoms with Crippen LogP contribution in [0.4, 0.5) is 0 Å². The maximum absolute atomic E-state index is 5.34. The van der Waals surface area contributed by atoms with Crippen molar-refractivity contribution in [3.05, 3.63) is 35.9 Å². The van der Waals surface area contributed by atoms with Crippen molar-refractivity contribution < 1.29 is 4.74 Å². The molecule has 0 fully saturated rings. The van der Waals surface area contributed by atoms with E-state index >= 15 is 0 Å². The second-order valence-corrected chi connectivity index (χ2v) is 4.30. The second-order valence-electron chi connectivity index (χ2n) is 4.30. The highest BCUT2D eigenvalue weighted by Gasteiger charge is 2.07. The van der Waals surface area contributed by atoms with Crippen molar-refractivity contribution in [2.45, 2.75) is 38.6 Å². The molecule has 1 N–H and O–H groups in total. The molecule has 0 amide bonds. The first-order valence-corrected chi connectivity index (χ1v) is 6.68. The molecule has 2 nitrogen and oxygen atoms in total. The molecule has 17 heavy (non-hydrogen) atoms. The van der Waals surface area contributed by atoms with Crippen molar-refractivity contribution in [2.75, 3.05) is 20.3 Å². The standard InChI is InChI=1S/C15H25NO/c1-3-17-13-9-5-8-12-15(16-2)14-10-6-4-7-11-14/h4,6-7,10-11,15-16H,3,5,8-9,12-13H2,1-2H3. The Labute approximate surface area is 105 Å². The van der Waals surface area contributed by atoms with Gasteiger partial charge in [-0.05, 0) is 32.4 Å². The van der Waals surface area contributed by atoms with E-state index < -0.39 is 0 Å². The average Bonchev–Trinajstić information content (AvgIpc) is 2.39. The van der Waals surface area contributed by atoms with Crippen LogP contribution in [0.5, 0.6) is 0 Å². The zero-order valence-corrected chi connectivity index (χ0v) is 11.1. The average molecular weight is 235 g/mol. The van der Waals surface area contributed by atoms with E-state index in [9.17, 15) is 0 Å². The molecule has 1 rings (SSSR count). The maximum Gasteiger partial charge on any atom is 0.0465 e. The van der Waals surface area contributed by atoms with Gasteiger partial charge in [0.25, 0.3) is 0 Å². The van der Waals surface area contributed by atoms with Gasteiger partial charge in [0.05, 0.1) is 0 Å². The van der Waals surface area contributed by atoms with E-state index in [0.29, 0.717) is 6.04 Å². The summed E-state index contributed by atoms with van der Waals surface area (Å²) >= 11 is 0. The Bertz CT molecular complexity index is 274. The summed E-state index contributed by atoms with van der Waals surface area (Å²) in [6.45, 7) is 3.79. The third-order valence-corrected chi connectivity index (χ3v) is 3.04. The van der Waals surface area contributed by atoms with E-state index in [4.69, 9.17) is 4.74 Å². The molecule has 0 heterocycles. The van der Waals surface area contributed by atoms with Crippen LogP contribution in [0.3, 0.4) is 0 Å². The molecule has 0 aliphatic heterocycles. The maximum atomic E-state index is 5.34. The third kappa shape index (κ3) is 5.85. The largest absolute Gasteiger partial charge is 0.382 e. The molecule has 0 aromatic heterocycles. The summed E-state index contributed by atoms with van der Waals surface area (Å²) in [5.41, 5.74) is 1.39. The summed E-state index contributed by atoms with van der Waals surface area (Å²) < 4.78 is 5.34. The molecule has 0 aliphatic carbocycles. The van der Waals surface area contributed by atoms with Crippen molar-refractivity contribution in [1.82, 2.24) is 5.32 Å². The Kier molecular flexibility index (Phi) is 7.69. The molecular formula is C15H25NO. The minimum absolute atomic E-state index is 0.489. The Morgan fingerprint density at radius 1 is 1.12 bits per heavy atom. The minimum Gasteiger partial charge on any atom is -0.382 e. The SMILES string of the molecule is CCOCCCCCC(NC)c1ccccc1. The summed E-state index contributed by atoms with van der Waals surface area (Å²) in [7, 11) is 2.04. The van der Waals surface area contributed by atoms with Crippen molar-refractivity contribution >= 4 is 0 Å². The van der Waals surface area contributed by atoms with Gasteiger partial charge in [-0.3, -0.25) is 0 Å². The summed E-state index contributed by atoms with van der Waals surface area (Å²) in [6.07, 6.45) is 4.89. The van der Waals surface area contributed by atoms with Gasteiger partial charge < -0.3 is 10.1 Å². The lowest BCUT2D eigenvalue weighted by molar-refractivity contribution is 0.142. The molecule has 96 valence electrons. The van der Waals surface area contributed by atoms with Gasteiger partial charge in [-0.15, -0.1) is 0 Å². The minimum atomic E-state index is 0.489. The first-order chi connectivity index (χ1) is 8.38. The van der Waals surface area contributed by atoms with Crippen LogP contribution in [-0.2, 0) is 4.74 Å². The van der Waals surface area contributed by atoms with Gasteiger partial charge in [0.1, 0.15) is 0 Å². The molecule has 0 radical (unpaired) electrons. The number of unbranched alkanes of at least 4 members (excludes halogenated alkanes) is 2.